The van der Waals surface area contributed by atoms with Gasteiger partial charge in [-0.3, -0.25) is 9.59 Å². The fourth-order valence-electron chi connectivity index (χ4n) is 1.45. The van der Waals surface area contributed by atoms with E-state index in [-0.39, 0.29) is 24.7 Å². The van der Waals surface area contributed by atoms with Crippen LogP contribution < -0.4 is 10.9 Å². The first-order valence-electron chi connectivity index (χ1n) is 5.45. The number of rotatable bonds is 4. The highest BCUT2D eigenvalue weighted by molar-refractivity contribution is 6.11. The van der Waals surface area contributed by atoms with Crippen molar-refractivity contribution in [1.29, 1.82) is 0 Å². The zero-order valence-electron chi connectivity index (χ0n) is 9.59. The summed E-state index contributed by atoms with van der Waals surface area (Å²) >= 11 is 0. The topological polar surface area (TPSA) is 82.9 Å². The molecule has 1 aromatic rings. The van der Waals surface area contributed by atoms with Crippen molar-refractivity contribution in [3.8, 4) is 0 Å². The van der Waals surface area contributed by atoms with E-state index < -0.39 is 0 Å². The van der Waals surface area contributed by atoms with Gasteiger partial charge < -0.3 is 0 Å². The Morgan fingerprint density at radius 2 is 2.22 bits per heavy atom. The Labute approximate surface area is 104 Å². The normalized spacial score (nSPS) is 14.4. The van der Waals surface area contributed by atoms with Gasteiger partial charge in [-0.05, 0) is 5.56 Å². The molecule has 0 saturated carbocycles. The Kier molecular flexibility index (Phi) is 3.80. The SMILES string of the molecule is O=C1CC(CC(=O)N/N=C/c2ccccc2)=NN1. The summed E-state index contributed by atoms with van der Waals surface area (Å²) < 4.78 is 0. The van der Waals surface area contributed by atoms with Crippen LogP contribution in [0, 0.1) is 0 Å². The summed E-state index contributed by atoms with van der Waals surface area (Å²) in [7, 11) is 0. The lowest BCUT2D eigenvalue weighted by molar-refractivity contribution is -0.119. The first-order valence-corrected chi connectivity index (χ1v) is 5.45. The molecular weight excluding hydrogens is 232 g/mol. The number of carbonyl (C=O) groups is 2. The van der Waals surface area contributed by atoms with E-state index in [9.17, 15) is 9.59 Å². The zero-order valence-corrected chi connectivity index (χ0v) is 9.59. The van der Waals surface area contributed by atoms with Crippen molar-refractivity contribution < 1.29 is 9.59 Å². The molecule has 18 heavy (non-hydrogen) atoms. The highest BCUT2D eigenvalue weighted by Crippen LogP contribution is 1.99. The molecule has 1 aliphatic heterocycles. The molecule has 92 valence electrons. The van der Waals surface area contributed by atoms with Crippen LogP contribution in [0.25, 0.3) is 0 Å². The molecule has 6 heteroatoms. The van der Waals surface area contributed by atoms with Crippen LogP contribution in [0.3, 0.4) is 0 Å². The molecule has 0 atom stereocenters. The largest absolute Gasteiger partial charge is 0.273 e. The average Bonchev–Trinajstić information content (AvgIpc) is 2.76. The van der Waals surface area contributed by atoms with Gasteiger partial charge in [0, 0.05) is 0 Å². The second-order valence-corrected chi connectivity index (χ2v) is 3.77. The minimum atomic E-state index is -0.294. The van der Waals surface area contributed by atoms with Gasteiger partial charge in [-0.1, -0.05) is 30.3 Å². The van der Waals surface area contributed by atoms with Crippen LogP contribution in [0.5, 0.6) is 0 Å². The minimum Gasteiger partial charge on any atom is -0.273 e. The molecule has 0 aromatic heterocycles. The molecule has 0 saturated heterocycles. The van der Waals surface area contributed by atoms with Gasteiger partial charge in [0.25, 0.3) is 0 Å². The van der Waals surface area contributed by atoms with E-state index >= 15 is 0 Å². The van der Waals surface area contributed by atoms with Gasteiger partial charge in [0.2, 0.25) is 11.8 Å². The molecule has 0 aliphatic carbocycles. The predicted octanol–water partition coefficient (Wildman–Crippen LogP) is 0.403. The smallest absolute Gasteiger partial charge is 0.245 e. The fraction of sp³-hybridized carbons (Fsp3) is 0.167. The lowest BCUT2D eigenvalue weighted by atomic mass is 10.2. The summed E-state index contributed by atoms with van der Waals surface area (Å²) in [4.78, 5) is 22.3. The van der Waals surface area contributed by atoms with Gasteiger partial charge in [-0.2, -0.15) is 10.2 Å². The molecule has 1 aromatic carbocycles. The number of amides is 2. The quantitative estimate of drug-likeness (QED) is 0.593. The molecule has 2 amide bonds. The van der Waals surface area contributed by atoms with E-state index in [2.05, 4.69) is 21.1 Å². The molecule has 0 unspecified atom stereocenters. The monoisotopic (exact) mass is 244 g/mol. The lowest BCUT2D eigenvalue weighted by Gasteiger charge is -1.97. The summed E-state index contributed by atoms with van der Waals surface area (Å²) in [5.41, 5.74) is 6.09. The van der Waals surface area contributed by atoms with E-state index in [1.807, 2.05) is 30.3 Å². The van der Waals surface area contributed by atoms with Gasteiger partial charge in [0.1, 0.15) is 0 Å². The van der Waals surface area contributed by atoms with Crippen molar-refractivity contribution in [2.45, 2.75) is 12.8 Å². The van der Waals surface area contributed by atoms with Gasteiger partial charge in [-0.25, -0.2) is 10.9 Å². The van der Waals surface area contributed by atoms with E-state index in [0.29, 0.717) is 5.71 Å². The van der Waals surface area contributed by atoms with Crippen LogP contribution in [0.15, 0.2) is 40.5 Å². The summed E-state index contributed by atoms with van der Waals surface area (Å²) in [5.74, 6) is -0.483. The highest BCUT2D eigenvalue weighted by atomic mass is 16.2. The summed E-state index contributed by atoms with van der Waals surface area (Å²) in [6.07, 6.45) is 1.80. The first kappa shape index (κ1) is 12.0. The van der Waals surface area contributed by atoms with E-state index in [0.717, 1.165) is 5.56 Å². The molecule has 0 spiro atoms. The van der Waals surface area contributed by atoms with Gasteiger partial charge in [0.05, 0.1) is 24.8 Å². The third-order valence-corrected chi connectivity index (χ3v) is 2.27. The van der Waals surface area contributed by atoms with Gasteiger partial charge >= 0.3 is 0 Å². The van der Waals surface area contributed by atoms with E-state index in [1.54, 1.807) is 6.21 Å². The molecule has 6 nitrogen and oxygen atoms in total. The van der Waals surface area contributed by atoms with Gasteiger partial charge in [-0.15, -0.1) is 0 Å². The van der Waals surface area contributed by atoms with Crippen LogP contribution >= 0.6 is 0 Å². The third-order valence-electron chi connectivity index (χ3n) is 2.27. The molecule has 0 radical (unpaired) electrons. The lowest BCUT2D eigenvalue weighted by Crippen LogP contribution is -2.20. The number of hydrazone groups is 2. The van der Waals surface area contributed by atoms with Crippen LogP contribution in [-0.4, -0.2) is 23.7 Å². The van der Waals surface area contributed by atoms with Crippen LogP contribution in [-0.2, 0) is 9.59 Å². The molecular formula is C12H12N4O2. The minimum absolute atomic E-state index is 0.0743. The van der Waals surface area contributed by atoms with Crippen LogP contribution in [0.2, 0.25) is 0 Å². The summed E-state index contributed by atoms with van der Waals surface area (Å²) in [5, 5.41) is 7.55. The van der Waals surface area contributed by atoms with Crippen molar-refractivity contribution in [3.63, 3.8) is 0 Å². The maximum atomic E-state index is 11.5. The second-order valence-electron chi connectivity index (χ2n) is 3.77. The second kappa shape index (κ2) is 5.72. The van der Waals surface area contributed by atoms with E-state index in [4.69, 9.17) is 0 Å². The summed E-state index contributed by atoms with van der Waals surface area (Å²) in [6.45, 7) is 0. The molecule has 1 heterocycles. The van der Waals surface area contributed by atoms with Crippen LogP contribution in [0.4, 0.5) is 0 Å². The van der Waals surface area contributed by atoms with Crippen molar-refractivity contribution >= 4 is 23.7 Å². The number of carbonyl (C=O) groups excluding carboxylic acids is 2. The number of hydrogen-bond acceptors (Lipinski definition) is 4. The summed E-state index contributed by atoms with van der Waals surface area (Å²) in [6, 6.07) is 9.41. The number of nitrogens with one attached hydrogen (secondary N) is 2. The maximum absolute atomic E-state index is 11.5. The Morgan fingerprint density at radius 3 is 2.89 bits per heavy atom. The van der Waals surface area contributed by atoms with E-state index in [1.165, 1.54) is 0 Å². The predicted molar refractivity (Wildman–Crippen MR) is 67.0 cm³/mol. The van der Waals surface area contributed by atoms with Crippen molar-refractivity contribution in [2.75, 3.05) is 0 Å². The average molecular weight is 244 g/mol. The maximum Gasteiger partial charge on any atom is 0.245 e. The molecule has 2 N–H and O–H groups in total. The molecule has 1 aliphatic rings. The standard InChI is InChI=1S/C12H12N4O2/c17-11(6-10-7-12(18)16-14-10)15-13-8-9-4-2-1-3-5-9/h1-5,8H,6-7H2,(H,15,17)(H,16,18)/b13-8+. The fourth-order valence-corrected chi connectivity index (χ4v) is 1.45. The number of benzene rings is 1. The Hall–Kier alpha value is -2.50. The zero-order chi connectivity index (χ0) is 12.8. The van der Waals surface area contributed by atoms with Crippen molar-refractivity contribution in [3.05, 3.63) is 35.9 Å². The Balaban J connectivity index is 1.78. The number of nitrogens with zero attached hydrogens (tertiary/aromatic N) is 2. The molecule has 0 bridgehead atoms. The Bertz CT molecular complexity index is 508. The number of hydrogen-bond donors (Lipinski definition) is 2. The molecule has 2 rings (SSSR count). The first-order chi connectivity index (χ1) is 8.74. The van der Waals surface area contributed by atoms with Gasteiger partial charge in [0.15, 0.2) is 0 Å². The van der Waals surface area contributed by atoms with Crippen molar-refractivity contribution in [2.24, 2.45) is 10.2 Å². The molecule has 0 fully saturated rings. The third kappa shape index (κ3) is 3.51. The van der Waals surface area contributed by atoms with Crippen LogP contribution in [0.1, 0.15) is 18.4 Å². The van der Waals surface area contributed by atoms with Crippen molar-refractivity contribution in [1.82, 2.24) is 10.9 Å². The highest BCUT2D eigenvalue weighted by Gasteiger charge is 2.16. The Morgan fingerprint density at radius 1 is 1.44 bits per heavy atom.